The standard InChI is InChI=1S/C15H19ClN4/c1-2-6-19-14(9-12-5-3-4-7-18-12)13-8-11(16)10-20-15(13)17/h3-5,7-8,10,14,19H,2,6,9H2,1H3,(H2,17,20). The zero-order valence-electron chi connectivity index (χ0n) is 11.5. The van der Waals surface area contributed by atoms with Gasteiger partial charge in [-0.2, -0.15) is 0 Å². The van der Waals surface area contributed by atoms with Crippen LogP contribution in [0.3, 0.4) is 0 Å². The smallest absolute Gasteiger partial charge is 0.128 e. The molecule has 0 aliphatic carbocycles. The van der Waals surface area contributed by atoms with Gasteiger partial charge in [-0.15, -0.1) is 0 Å². The minimum atomic E-state index is 0.0658. The van der Waals surface area contributed by atoms with Crippen LogP contribution in [0, 0.1) is 0 Å². The fraction of sp³-hybridized carbons (Fsp3) is 0.333. The van der Waals surface area contributed by atoms with E-state index in [4.69, 9.17) is 17.3 Å². The van der Waals surface area contributed by atoms with Crippen LogP contribution in [0.25, 0.3) is 0 Å². The Labute approximate surface area is 124 Å². The summed E-state index contributed by atoms with van der Waals surface area (Å²) in [6.45, 7) is 3.04. The molecule has 2 rings (SSSR count). The van der Waals surface area contributed by atoms with Gasteiger partial charge in [0.15, 0.2) is 0 Å². The number of pyridine rings is 2. The highest BCUT2D eigenvalue weighted by Gasteiger charge is 2.16. The van der Waals surface area contributed by atoms with Gasteiger partial charge in [0.25, 0.3) is 0 Å². The highest BCUT2D eigenvalue weighted by molar-refractivity contribution is 6.30. The predicted molar refractivity (Wildman–Crippen MR) is 82.6 cm³/mol. The van der Waals surface area contributed by atoms with Gasteiger partial charge in [-0.25, -0.2) is 4.98 Å². The zero-order valence-corrected chi connectivity index (χ0v) is 12.3. The molecule has 2 heterocycles. The molecule has 0 fully saturated rings. The van der Waals surface area contributed by atoms with Crippen molar-refractivity contribution in [2.45, 2.75) is 25.8 Å². The molecule has 0 amide bonds. The third kappa shape index (κ3) is 3.92. The Kier molecular flexibility index (Phi) is 5.32. The highest BCUT2D eigenvalue weighted by Crippen LogP contribution is 2.24. The first-order chi connectivity index (χ1) is 9.70. The van der Waals surface area contributed by atoms with Crippen molar-refractivity contribution in [1.82, 2.24) is 15.3 Å². The monoisotopic (exact) mass is 290 g/mol. The highest BCUT2D eigenvalue weighted by atomic mass is 35.5. The van der Waals surface area contributed by atoms with Crippen LogP contribution in [-0.2, 0) is 6.42 Å². The molecule has 0 aromatic carbocycles. The Bertz CT molecular complexity index is 545. The van der Waals surface area contributed by atoms with E-state index in [1.807, 2.05) is 24.3 Å². The van der Waals surface area contributed by atoms with E-state index in [1.54, 1.807) is 12.4 Å². The maximum Gasteiger partial charge on any atom is 0.128 e. The van der Waals surface area contributed by atoms with Gasteiger partial charge in [-0.3, -0.25) is 4.98 Å². The Hall–Kier alpha value is -1.65. The lowest BCUT2D eigenvalue weighted by Crippen LogP contribution is -2.25. The summed E-state index contributed by atoms with van der Waals surface area (Å²) in [5, 5.41) is 4.08. The van der Waals surface area contributed by atoms with E-state index < -0.39 is 0 Å². The summed E-state index contributed by atoms with van der Waals surface area (Å²) < 4.78 is 0. The molecular formula is C15H19ClN4. The average Bonchev–Trinajstić information content (AvgIpc) is 2.47. The molecule has 106 valence electrons. The van der Waals surface area contributed by atoms with Gasteiger partial charge < -0.3 is 11.1 Å². The van der Waals surface area contributed by atoms with E-state index in [0.717, 1.165) is 30.6 Å². The van der Waals surface area contributed by atoms with Gasteiger partial charge in [0.1, 0.15) is 5.82 Å². The fourth-order valence-corrected chi connectivity index (χ4v) is 2.25. The van der Waals surface area contributed by atoms with Crippen molar-refractivity contribution >= 4 is 17.4 Å². The molecule has 20 heavy (non-hydrogen) atoms. The quantitative estimate of drug-likeness (QED) is 0.858. The fourth-order valence-electron chi connectivity index (χ4n) is 2.08. The van der Waals surface area contributed by atoms with Crippen LogP contribution < -0.4 is 11.1 Å². The summed E-state index contributed by atoms with van der Waals surface area (Å²) in [4.78, 5) is 8.50. The summed E-state index contributed by atoms with van der Waals surface area (Å²) >= 11 is 6.04. The number of hydrogen-bond acceptors (Lipinski definition) is 4. The van der Waals surface area contributed by atoms with Crippen molar-refractivity contribution in [1.29, 1.82) is 0 Å². The van der Waals surface area contributed by atoms with Crippen molar-refractivity contribution < 1.29 is 0 Å². The third-order valence-corrected chi connectivity index (χ3v) is 3.28. The van der Waals surface area contributed by atoms with Gasteiger partial charge in [0, 0.05) is 36.1 Å². The number of anilines is 1. The number of rotatable bonds is 6. The average molecular weight is 291 g/mol. The number of hydrogen-bond donors (Lipinski definition) is 2. The van der Waals surface area contributed by atoms with Crippen molar-refractivity contribution in [3.63, 3.8) is 0 Å². The topological polar surface area (TPSA) is 63.8 Å². The molecular weight excluding hydrogens is 272 g/mol. The second kappa shape index (κ2) is 7.22. The molecule has 1 atom stereocenters. The Balaban J connectivity index is 2.24. The van der Waals surface area contributed by atoms with Crippen molar-refractivity contribution in [2.24, 2.45) is 0 Å². The van der Waals surface area contributed by atoms with Gasteiger partial charge in [-0.05, 0) is 31.2 Å². The summed E-state index contributed by atoms with van der Waals surface area (Å²) in [6, 6.07) is 7.84. The van der Waals surface area contributed by atoms with E-state index in [0.29, 0.717) is 10.8 Å². The molecule has 5 heteroatoms. The Morgan fingerprint density at radius 2 is 2.20 bits per heavy atom. The van der Waals surface area contributed by atoms with Crippen LogP contribution in [0.1, 0.15) is 30.6 Å². The number of nitrogen functional groups attached to an aromatic ring is 1. The number of halogens is 1. The molecule has 4 nitrogen and oxygen atoms in total. The lowest BCUT2D eigenvalue weighted by molar-refractivity contribution is 0.524. The van der Waals surface area contributed by atoms with Crippen LogP contribution >= 0.6 is 11.6 Å². The zero-order chi connectivity index (χ0) is 14.4. The molecule has 2 aromatic heterocycles. The molecule has 0 aliphatic rings. The van der Waals surface area contributed by atoms with Crippen molar-refractivity contribution in [3.05, 3.63) is 52.9 Å². The number of aromatic nitrogens is 2. The molecule has 0 radical (unpaired) electrons. The number of nitrogens with zero attached hydrogens (tertiary/aromatic N) is 2. The normalized spacial score (nSPS) is 12.3. The van der Waals surface area contributed by atoms with Crippen molar-refractivity contribution in [3.8, 4) is 0 Å². The number of nitrogens with two attached hydrogens (primary N) is 1. The largest absolute Gasteiger partial charge is 0.383 e. The minimum Gasteiger partial charge on any atom is -0.383 e. The van der Waals surface area contributed by atoms with Crippen LogP contribution in [0.2, 0.25) is 5.02 Å². The molecule has 0 spiro atoms. The molecule has 0 aliphatic heterocycles. The van der Waals surface area contributed by atoms with Gasteiger partial charge in [-0.1, -0.05) is 24.6 Å². The first-order valence-electron chi connectivity index (χ1n) is 6.75. The predicted octanol–water partition coefficient (Wildman–Crippen LogP) is 3.00. The van der Waals surface area contributed by atoms with Crippen LogP contribution in [0.15, 0.2) is 36.7 Å². The maximum absolute atomic E-state index is 6.04. The summed E-state index contributed by atoms with van der Waals surface area (Å²) in [7, 11) is 0. The van der Waals surface area contributed by atoms with E-state index in [2.05, 4.69) is 22.2 Å². The molecule has 0 bridgehead atoms. The number of nitrogens with one attached hydrogen (secondary N) is 1. The second-order valence-corrected chi connectivity index (χ2v) is 5.10. The van der Waals surface area contributed by atoms with Crippen LogP contribution in [0.4, 0.5) is 5.82 Å². The maximum atomic E-state index is 6.04. The minimum absolute atomic E-state index is 0.0658. The molecule has 0 saturated carbocycles. The second-order valence-electron chi connectivity index (χ2n) is 4.66. The van der Waals surface area contributed by atoms with Crippen LogP contribution in [-0.4, -0.2) is 16.5 Å². The van der Waals surface area contributed by atoms with Crippen LogP contribution in [0.5, 0.6) is 0 Å². The molecule has 2 aromatic rings. The summed E-state index contributed by atoms with van der Waals surface area (Å²) in [6.07, 6.45) is 5.17. The Morgan fingerprint density at radius 1 is 1.35 bits per heavy atom. The first-order valence-corrected chi connectivity index (χ1v) is 7.12. The van der Waals surface area contributed by atoms with E-state index in [-0.39, 0.29) is 6.04 Å². The Morgan fingerprint density at radius 3 is 2.90 bits per heavy atom. The lowest BCUT2D eigenvalue weighted by Gasteiger charge is -2.20. The third-order valence-electron chi connectivity index (χ3n) is 3.07. The summed E-state index contributed by atoms with van der Waals surface area (Å²) in [5.41, 5.74) is 7.93. The van der Waals surface area contributed by atoms with Gasteiger partial charge in [0.2, 0.25) is 0 Å². The van der Waals surface area contributed by atoms with E-state index in [1.165, 1.54) is 0 Å². The SMILES string of the molecule is CCCNC(Cc1ccccn1)c1cc(Cl)cnc1N. The van der Waals surface area contributed by atoms with Gasteiger partial charge >= 0.3 is 0 Å². The molecule has 0 saturated heterocycles. The molecule has 1 unspecified atom stereocenters. The molecule has 3 N–H and O–H groups in total. The lowest BCUT2D eigenvalue weighted by atomic mass is 10.0. The van der Waals surface area contributed by atoms with Crippen molar-refractivity contribution in [2.75, 3.05) is 12.3 Å². The van der Waals surface area contributed by atoms with E-state index >= 15 is 0 Å². The first kappa shape index (κ1) is 14.8. The van der Waals surface area contributed by atoms with Gasteiger partial charge in [0.05, 0.1) is 5.02 Å². The summed E-state index contributed by atoms with van der Waals surface area (Å²) in [5.74, 6) is 0.513. The van der Waals surface area contributed by atoms with E-state index in [9.17, 15) is 0 Å².